The number of benzene rings is 1. The van der Waals surface area contributed by atoms with Crippen molar-refractivity contribution < 1.29 is 14.3 Å². The summed E-state index contributed by atoms with van der Waals surface area (Å²) in [7, 11) is 1.69. The van der Waals surface area contributed by atoms with Crippen molar-refractivity contribution in [3.63, 3.8) is 0 Å². The quantitative estimate of drug-likeness (QED) is 0.510. The SMILES string of the molecule is COc1ccc2[nH]cc(C3CCN(CC(=O)Nc4sc5c(c4C(N)=O)CCCC5)CC3)c2c1. The van der Waals surface area contributed by atoms with E-state index in [0.717, 1.165) is 68.4 Å². The van der Waals surface area contributed by atoms with Gasteiger partial charge in [0.1, 0.15) is 10.8 Å². The van der Waals surface area contributed by atoms with Gasteiger partial charge in [-0.25, -0.2) is 0 Å². The molecule has 0 unspecified atom stereocenters. The molecule has 0 atom stereocenters. The summed E-state index contributed by atoms with van der Waals surface area (Å²) in [4.78, 5) is 31.6. The van der Waals surface area contributed by atoms with E-state index in [1.807, 2.05) is 6.07 Å². The van der Waals surface area contributed by atoms with Crippen LogP contribution in [-0.2, 0) is 17.6 Å². The van der Waals surface area contributed by atoms with Gasteiger partial charge in [-0.1, -0.05) is 0 Å². The second-order valence-electron chi connectivity index (χ2n) is 9.03. The first-order chi connectivity index (χ1) is 16.0. The molecule has 3 aromatic rings. The maximum Gasteiger partial charge on any atom is 0.251 e. The van der Waals surface area contributed by atoms with Crippen LogP contribution in [0.5, 0.6) is 5.75 Å². The van der Waals surface area contributed by atoms with Crippen molar-refractivity contribution in [2.45, 2.75) is 44.4 Å². The lowest BCUT2D eigenvalue weighted by molar-refractivity contribution is -0.117. The fraction of sp³-hybridized carbons (Fsp3) is 0.440. The highest BCUT2D eigenvalue weighted by Gasteiger charge is 2.27. The van der Waals surface area contributed by atoms with Crippen LogP contribution in [0.15, 0.2) is 24.4 Å². The molecule has 2 aliphatic rings. The number of aromatic amines is 1. The minimum Gasteiger partial charge on any atom is -0.497 e. The minimum atomic E-state index is -0.444. The summed E-state index contributed by atoms with van der Waals surface area (Å²) in [5.74, 6) is 0.797. The van der Waals surface area contributed by atoms with Gasteiger partial charge in [0.25, 0.3) is 5.91 Å². The van der Waals surface area contributed by atoms with Gasteiger partial charge in [0, 0.05) is 22.0 Å². The van der Waals surface area contributed by atoms with Gasteiger partial charge in [0.15, 0.2) is 0 Å². The van der Waals surface area contributed by atoms with E-state index >= 15 is 0 Å². The lowest BCUT2D eigenvalue weighted by Crippen LogP contribution is -2.38. The van der Waals surface area contributed by atoms with Crippen molar-refractivity contribution in [1.29, 1.82) is 0 Å². The van der Waals surface area contributed by atoms with Gasteiger partial charge in [-0.05, 0) is 86.9 Å². The number of ether oxygens (including phenoxy) is 1. The van der Waals surface area contributed by atoms with Crippen molar-refractivity contribution >= 4 is 39.1 Å². The van der Waals surface area contributed by atoms with Crippen molar-refractivity contribution in [2.24, 2.45) is 5.73 Å². The number of fused-ring (bicyclic) bond motifs is 2. The summed E-state index contributed by atoms with van der Waals surface area (Å²) in [5, 5.41) is 4.83. The number of methoxy groups -OCH3 is 1. The molecule has 8 heteroatoms. The van der Waals surface area contributed by atoms with Crippen LogP contribution in [0.2, 0.25) is 0 Å². The van der Waals surface area contributed by atoms with E-state index in [9.17, 15) is 9.59 Å². The predicted molar refractivity (Wildman–Crippen MR) is 131 cm³/mol. The lowest BCUT2D eigenvalue weighted by Gasteiger charge is -2.31. The van der Waals surface area contributed by atoms with Crippen LogP contribution in [0.25, 0.3) is 10.9 Å². The zero-order valence-electron chi connectivity index (χ0n) is 18.9. The lowest BCUT2D eigenvalue weighted by atomic mass is 9.89. The number of thiophene rings is 1. The number of nitrogens with two attached hydrogens (primary N) is 1. The van der Waals surface area contributed by atoms with Crippen LogP contribution in [-0.4, -0.2) is 48.4 Å². The van der Waals surface area contributed by atoms with Crippen molar-refractivity contribution in [3.8, 4) is 5.75 Å². The molecule has 1 fully saturated rings. The van der Waals surface area contributed by atoms with Gasteiger partial charge in [0.05, 0.1) is 19.2 Å². The molecule has 2 aromatic heterocycles. The topological polar surface area (TPSA) is 100 Å². The van der Waals surface area contributed by atoms with Crippen LogP contribution in [0.4, 0.5) is 5.00 Å². The maximum atomic E-state index is 12.8. The van der Waals surface area contributed by atoms with Gasteiger partial charge >= 0.3 is 0 Å². The predicted octanol–water partition coefficient (Wildman–Crippen LogP) is 4.03. The molecule has 3 heterocycles. The molecular formula is C25H30N4O3S. The van der Waals surface area contributed by atoms with Gasteiger partial charge in [0.2, 0.25) is 5.91 Å². The number of hydrogen-bond acceptors (Lipinski definition) is 5. The van der Waals surface area contributed by atoms with Gasteiger partial charge in [-0.2, -0.15) is 0 Å². The molecular weight excluding hydrogens is 436 g/mol. The van der Waals surface area contributed by atoms with E-state index in [1.54, 1.807) is 7.11 Å². The smallest absolute Gasteiger partial charge is 0.251 e. The van der Waals surface area contributed by atoms with Crippen molar-refractivity contribution in [2.75, 3.05) is 32.1 Å². The molecule has 174 valence electrons. The first kappa shape index (κ1) is 22.0. The molecule has 7 nitrogen and oxygen atoms in total. The third kappa shape index (κ3) is 4.37. The van der Waals surface area contributed by atoms with Gasteiger partial charge in [-0.3, -0.25) is 14.5 Å². The zero-order valence-corrected chi connectivity index (χ0v) is 19.7. The summed E-state index contributed by atoms with van der Waals surface area (Å²) in [6, 6.07) is 6.12. The third-order valence-electron chi connectivity index (χ3n) is 6.99. The zero-order chi connectivity index (χ0) is 22.9. The Labute approximate surface area is 197 Å². The Kier molecular flexibility index (Phi) is 6.12. The van der Waals surface area contributed by atoms with E-state index in [1.165, 1.54) is 27.2 Å². The van der Waals surface area contributed by atoms with E-state index in [0.29, 0.717) is 23.0 Å². The monoisotopic (exact) mass is 466 g/mol. The van der Waals surface area contributed by atoms with Gasteiger partial charge in [-0.15, -0.1) is 11.3 Å². The fourth-order valence-electron chi connectivity index (χ4n) is 5.27. The number of hydrogen-bond donors (Lipinski definition) is 3. The van der Waals surface area contributed by atoms with Crippen LogP contribution in [0.1, 0.15) is 58.0 Å². The average Bonchev–Trinajstić information content (AvgIpc) is 3.40. The van der Waals surface area contributed by atoms with Crippen LogP contribution in [0.3, 0.4) is 0 Å². The number of anilines is 1. The number of aromatic nitrogens is 1. The Morgan fingerprint density at radius 2 is 2.03 bits per heavy atom. The first-order valence-electron chi connectivity index (χ1n) is 11.6. The maximum absolute atomic E-state index is 12.8. The molecule has 2 amide bonds. The molecule has 0 spiro atoms. The Morgan fingerprint density at radius 1 is 1.24 bits per heavy atom. The normalized spacial score (nSPS) is 17.1. The number of likely N-dealkylation sites (tertiary alicyclic amines) is 1. The fourth-order valence-corrected chi connectivity index (χ4v) is 6.58. The number of nitrogens with one attached hydrogen (secondary N) is 2. The van der Waals surface area contributed by atoms with Gasteiger partial charge < -0.3 is 20.8 Å². The van der Waals surface area contributed by atoms with Crippen molar-refractivity contribution in [3.05, 3.63) is 46.0 Å². The highest BCUT2D eigenvalue weighted by atomic mass is 32.1. The molecule has 0 bridgehead atoms. The molecule has 1 saturated heterocycles. The standard InChI is InChI=1S/C25H30N4O3S/c1-32-16-6-7-20-18(12-16)19(13-27-20)15-8-10-29(11-9-15)14-22(30)28-25-23(24(26)31)17-4-2-3-5-21(17)33-25/h6-7,12-13,15,27H,2-5,8-11,14H2,1H3,(H2,26,31)(H,28,30). The molecule has 33 heavy (non-hydrogen) atoms. The number of H-pyrrole nitrogens is 1. The Balaban J connectivity index is 1.21. The first-order valence-corrected chi connectivity index (χ1v) is 12.5. The van der Waals surface area contributed by atoms with E-state index < -0.39 is 5.91 Å². The third-order valence-corrected chi connectivity index (χ3v) is 8.19. The van der Waals surface area contributed by atoms with E-state index in [-0.39, 0.29) is 5.91 Å². The van der Waals surface area contributed by atoms with Crippen LogP contribution >= 0.6 is 11.3 Å². The number of nitrogens with zero attached hydrogens (tertiary/aromatic N) is 1. The second kappa shape index (κ2) is 9.19. The molecule has 0 saturated carbocycles. The summed E-state index contributed by atoms with van der Waals surface area (Å²) in [5.41, 5.74) is 9.67. The summed E-state index contributed by atoms with van der Waals surface area (Å²) < 4.78 is 5.40. The van der Waals surface area contributed by atoms with Crippen LogP contribution in [0, 0.1) is 0 Å². The number of carbonyl (C=O) groups is 2. The molecule has 0 radical (unpaired) electrons. The molecule has 5 rings (SSSR count). The number of primary amides is 1. The number of carbonyl (C=O) groups excluding carboxylic acids is 2. The average molecular weight is 467 g/mol. The Bertz CT molecular complexity index is 1190. The molecule has 1 aliphatic carbocycles. The number of rotatable bonds is 6. The van der Waals surface area contributed by atoms with E-state index in [2.05, 4.69) is 33.5 Å². The van der Waals surface area contributed by atoms with Crippen LogP contribution < -0.4 is 15.8 Å². The largest absolute Gasteiger partial charge is 0.497 e. The Hall–Kier alpha value is -2.84. The summed E-state index contributed by atoms with van der Waals surface area (Å²) in [6.45, 7) is 2.05. The number of piperidine rings is 1. The second-order valence-corrected chi connectivity index (χ2v) is 10.1. The minimum absolute atomic E-state index is 0.0774. The number of amides is 2. The highest BCUT2D eigenvalue weighted by molar-refractivity contribution is 7.17. The van der Waals surface area contributed by atoms with Crippen molar-refractivity contribution in [1.82, 2.24) is 9.88 Å². The molecule has 1 aromatic carbocycles. The van der Waals surface area contributed by atoms with E-state index in [4.69, 9.17) is 10.5 Å². The highest BCUT2D eigenvalue weighted by Crippen LogP contribution is 2.38. The number of aryl methyl sites for hydroxylation is 1. The summed E-state index contributed by atoms with van der Waals surface area (Å²) in [6.07, 6.45) is 8.12. The molecule has 1 aliphatic heterocycles. The summed E-state index contributed by atoms with van der Waals surface area (Å²) >= 11 is 1.52. The molecule has 4 N–H and O–H groups in total. The Morgan fingerprint density at radius 3 is 2.79 bits per heavy atom.